The van der Waals surface area contributed by atoms with E-state index in [2.05, 4.69) is 5.10 Å². The van der Waals surface area contributed by atoms with Gasteiger partial charge < -0.3 is 10.8 Å². The number of para-hydroxylation sites is 1. The van der Waals surface area contributed by atoms with Gasteiger partial charge in [0, 0.05) is 17.1 Å². The van der Waals surface area contributed by atoms with Gasteiger partial charge in [0.25, 0.3) is 10.0 Å². The number of benzene rings is 2. The van der Waals surface area contributed by atoms with Gasteiger partial charge in [0.2, 0.25) is 5.96 Å². The van der Waals surface area contributed by atoms with Crippen molar-refractivity contribution < 1.29 is 13.5 Å². The quantitative estimate of drug-likeness (QED) is 0.331. The van der Waals surface area contributed by atoms with E-state index < -0.39 is 10.0 Å². The van der Waals surface area contributed by atoms with Crippen LogP contribution in [0.3, 0.4) is 0 Å². The van der Waals surface area contributed by atoms with Crippen LogP contribution in [0.25, 0.3) is 10.9 Å². The van der Waals surface area contributed by atoms with Gasteiger partial charge in [0.15, 0.2) is 0 Å². The van der Waals surface area contributed by atoms with Gasteiger partial charge in [-0.1, -0.05) is 36.4 Å². The number of nitrogens with zero attached hydrogens (tertiary/aromatic N) is 3. The van der Waals surface area contributed by atoms with Crippen LogP contribution < -0.4 is 5.73 Å². The fourth-order valence-electron chi connectivity index (χ4n) is 2.90. The SMILES string of the molecule is C/C(=N/N(CCO)C(=N)N)c1cn(S(=O)(=O)c2ccccc2)c2ccccc12. The molecule has 2 aromatic carbocycles. The Labute approximate surface area is 163 Å². The Hall–Kier alpha value is -3.17. The van der Waals surface area contributed by atoms with Crippen molar-refractivity contribution in [3.05, 3.63) is 66.4 Å². The van der Waals surface area contributed by atoms with Crippen molar-refractivity contribution in [2.45, 2.75) is 11.8 Å². The molecule has 0 amide bonds. The second-order valence-electron chi connectivity index (χ2n) is 6.09. The summed E-state index contributed by atoms with van der Waals surface area (Å²) in [7, 11) is -3.79. The first kappa shape index (κ1) is 19.6. The number of fused-ring (bicyclic) bond motifs is 1. The summed E-state index contributed by atoms with van der Waals surface area (Å²) in [5.41, 5.74) is 7.09. The van der Waals surface area contributed by atoms with E-state index in [-0.39, 0.29) is 24.0 Å². The molecule has 0 radical (unpaired) electrons. The molecule has 0 saturated heterocycles. The maximum atomic E-state index is 13.1. The van der Waals surface area contributed by atoms with Crippen LogP contribution >= 0.6 is 0 Å². The fraction of sp³-hybridized carbons (Fsp3) is 0.158. The molecule has 8 nitrogen and oxygen atoms in total. The zero-order chi connectivity index (χ0) is 20.3. The Balaban J connectivity index is 2.18. The largest absolute Gasteiger partial charge is 0.394 e. The lowest BCUT2D eigenvalue weighted by Gasteiger charge is -2.16. The minimum atomic E-state index is -3.79. The van der Waals surface area contributed by atoms with Crippen LogP contribution in [0.5, 0.6) is 0 Å². The van der Waals surface area contributed by atoms with Gasteiger partial charge in [-0.25, -0.2) is 17.4 Å². The average Bonchev–Trinajstić information content (AvgIpc) is 3.09. The maximum absolute atomic E-state index is 13.1. The van der Waals surface area contributed by atoms with Gasteiger partial charge in [-0.2, -0.15) is 5.10 Å². The third-order valence-corrected chi connectivity index (χ3v) is 5.92. The van der Waals surface area contributed by atoms with E-state index in [9.17, 15) is 8.42 Å². The third kappa shape index (κ3) is 3.62. The van der Waals surface area contributed by atoms with Gasteiger partial charge in [0.1, 0.15) is 0 Å². The molecule has 0 aliphatic carbocycles. The molecule has 0 unspecified atom stereocenters. The van der Waals surface area contributed by atoms with Crippen molar-refractivity contribution in [2.24, 2.45) is 10.8 Å². The summed E-state index contributed by atoms with van der Waals surface area (Å²) in [6.45, 7) is 1.54. The third-order valence-electron chi connectivity index (χ3n) is 4.23. The number of aliphatic hydroxyl groups is 1. The lowest BCUT2D eigenvalue weighted by Crippen LogP contribution is -2.35. The number of nitrogens with one attached hydrogen (secondary N) is 1. The number of guanidine groups is 1. The first-order chi connectivity index (χ1) is 13.4. The van der Waals surface area contributed by atoms with Crippen molar-refractivity contribution in [1.29, 1.82) is 5.41 Å². The molecule has 3 aromatic rings. The van der Waals surface area contributed by atoms with Crippen molar-refractivity contribution in [3.8, 4) is 0 Å². The van der Waals surface area contributed by atoms with Gasteiger partial charge in [-0.3, -0.25) is 5.41 Å². The van der Waals surface area contributed by atoms with E-state index in [0.29, 0.717) is 22.2 Å². The van der Waals surface area contributed by atoms with Crippen LogP contribution in [0.2, 0.25) is 0 Å². The fourth-order valence-corrected chi connectivity index (χ4v) is 4.29. The molecular formula is C19H21N5O3S. The summed E-state index contributed by atoms with van der Waals surface area (Å²) in [6.07, 6.45) is 1.52. The molecule has 0 bridgehead atoms. The maximum Gasteiger partial charge on any atom is 0.268 e. The first-order valence-electron chi connectivity index (χ1n) is 8.55. The molecule has 3 rings (SSSR count). The predicted molar refractivity (Wildman–Crippen MR) is 109 cm³/mol. The number of hydrogen-bond donors (Lipinski definition) is 3. The van der Waals surface area contributed by atoms with Crippen molar-refractivity contribution in [1.82, 2.24) is 8.98 Å². The van der Waals surface area contributed by atoms with Crippen LogP contribution in [-0.4, -0.2) is 47.3 Å². The Kier molecular flexibility index (Phi) is 5.48. The van der Waals surface area contributed by atoms with E-state index in [1.807, 2.05) is 12.1 Å². The topological polar surface area (TPSA) is 125 Å². The van der Waals surface area contributed by atoms with E-state index in [1.54, 1.807) is 49.4 Å². The van der Waals surface area contributed by atoms with Gasteiger partial charge in [-0.15, -0.1) is 0 Å². The second kappa shape index (κ2) is 7.83. The highest BCUT2D eigenvalue weighted by molar-refractivity contribution is 7.90. The summed E-state index contributed by atoms with van der Waals surface area (Å²) in [4.78, 5) is 0.183. The van der Waals surface area contributed by atoms with E-state index >= 15 is 0 Å². The molecule has 1 heterocycles. The average molecular weight is 399 g/mol. The summed E-state index contributed by atoms with van der Waals surface area (Å²) >= 11 is 0. The van der Waals surface area contributed by atoms with Crippen LogP contribution in [0.15, 0.2) is 70.8 Å². The van der Waals surface area contributed by atoms with Crippen LogP contribution in [0.4, 0.5) is 0 Å². The highest BCUT2D eigenvalue weighted by Crippen LogP contribution is 2.26. The highest BCUT2D eigenvalue weighted by atomic mass is 32.2. The van der Waals surface area contributed by atoms with E-state index in [0.717, 1.165) is 5.01 Å². The molecule has 0 aliphatic rings. The van der Waals surface area contributed by atoms with E-state index in [1.165, 1.54) is 10.2 Å². The predicted octanol–water partition coefficient (Wildman–Crippen LogP) is 1.79. The molecule has 0 fully saturated rings. The summed E-state index contributed by atoms with van der Waals surface area (Å²) in [6, 6.07) is 15.3. The number of aromatic nitrogens is 1. The smallest absolute Gasteiger partial charge is 0.268 e. The summed E-state index contributed by atoms with van der Waals surface area (Å²) in [5.74, 6) is -0.311. The molecule has 28 heavy (non-hydrogen) atoms. The lowest BCUT2D eigenvalue weighted by atomic mass is 10.1. The number of hydrazone groups is 1. The summed E-state index contributed by atoms with van der Waals surface area (Å²) < 4.78 is 27.5. The lowest BCUT2D eigenvalue weighted by molar-refractivity contribution is 0.251. The Morgan fingerprint density at radius 3 is 2.46 bits per heavy atom. The molecular weight excluding hydrogens is 378 g/mol. The number of hydrogen-bond acceptors (Lipinski definition) is 5. The highest BCUT2D eigenvalue weighted by Gasteiger charge is 2.22. The molecule has 1 aromatic heterocycles. The zero-order valence-electron chi connectivity index (χ0n) is 15.3. The Bertz CT molecular complexity index is 1140. The second-order valence-corrected chi connectivity index (χ2v) is 7.91. The molecule has 0 spiro atoms. The molecule has 0 aliphatic heterocycles. The van der Waals surface area contributed by atoms with Crippen molar-refractivity contribution in [3.63, 3.8) is 0 Å². The van der Waals surface area contributed by atoms with Crippen molar-refractivity contribution >= 4 is 32.6 Å². The molecule has 146 valence electrons. The molecule has 4 N–H and O–H groups in total. The van der Waals surface area contributed by atoms with Gasteiger partial charge in [-0.05, 0) is 25.1 Å². The minimum absolute atomic E-state index is 0.0631. The minimum Gasteiger partial charge on any atom is -0.394 e. The number of rotatable bonds is 6. The number of nitrogens with two attached hydrogens (primary N) is 1. The standard InChI is InChI=1S/C19H21N5O3S/c1-14(22-23(11-12-25)19(20)21)17-13-24(18-10-6-5-9-16(17)18)28(26,27)15-7-3-2-4-8-15/h2-10,13,25H,11-12H2,1H3,(H3,20,21)/b22-14-. The molecule has 9 heteroatoms. The van der Waals surface area contributed by atoms with Crippen LogP contribution in [0.1, 0.15) is 12.5 Å². The normalized spacial score (nSPS) is 12.3. The van der Waals surface area contributed by atoms with E-state index in [4.69, 9.17) is 16.2 Å². The monoisotopic (exact) mass is 399 g/mol. The van der Waals surface area contributed by atoms with Gasteiger partial charge >= 0.3 is 0 Å². The van der Waals surface area contributed by atoms with Crippen LogP contribution in [-0.2, 0) is 10.0 Å². The van der Waals surface area contributed by atoms with Crippen LogP contribution in [0, 0.1) is 5.41 Å². The molecule has 0 saturated carbocycles. The van der Waals surface area contributed by atoms with Crippen molar-refractivity contribution in [2.75, 3.05) is 13.2 Å². The Morgan fingerprint density at radius 2 is 1.82 bits per heavy atom. The first-order valence-corrected chi connectivity index (χ1v) is 9.99. The molecule has 0 atom stereocenters. The Morgan fingerprint density at radius 1 is 1.18 bits per heavy atom. The zero-order valence-corrected chi connectivity index (χ0v) is 16.1. The van der Waals surface area contributed by atoms with Gasteiger partial charge in [0.05, 0.1) is 29.3 Å². The number of aliphatic hydroxyl groups excluding tert-OH is 1. The summed E-state index contributed by atoms with van der Waals surface area (Å²) in [5, 5.41) is 22.9.